The molecule has 0 bridgehead atoms. The zero-order chi connectivity index (χ0) is 51.1. The highest BCUT2D eigenvalue weighted by Gasteiger charge is 2.39. The van der Waals surface area contributed by atoms with Gasteiger partial charge < -0.3 is 18.9 Å². The number of esters is 4. The van der Waals surface area contributed by atoms with Crippen molar-refractivity contribution in [1.29, 1.82) is 0 Å². The summed E-state index contributed by atoms with van der Waals surface area (Å²) in [5.74, 6) is -2.60. The van der Waals surface area contributed by atoms with E-state index in [1.165, 1.54) is 180 Å². The maximum Gasteiger partial charge on any atom is 0.308 e. The fourth-order valence-electron chi connectivity index (χ4n) is 9.23. The van der Waals surface area contributed by atoms with Gasteiger partial charge in [0, 0.05) is 0 Å². The Bertz CT molecular complexity index is 1000. The summed E-state index contributed by atoms with van der Waals surface area (Å²) in [5, 5.41) is 0. The second-order valence-electron chi connectivity index (χ2n) is 22.0. The van der Waals surface area contributed by atoms with Crippen LogP contribution in [-0.2, 0) is 38.1 Å². The Morgan fingerprint density at radius 3 is 0.565 bits per heavy atom. The predicted octanol–water partition coefficient (Wildman–Crippen LogP) is 18.4. The monoisotopic (exact) mass is 977 g/mol. The Labute approximate surface area is 428 Å². The third kappa shape index (κ3) is 40.1. The summed E-state index contributed by atoms with van der Waals surface area (Å²) in [6.45, 7) is 15.9. The van der Waals surface area contributed by atoms with Crippen molar-refractivity contribution in [3.8, 4) is 0 Å². The third-order valence-electron chi connectivity index (χ3n) is 14.7. The first kappa shape index (κ1) is 66.9. The van der Waals surface area contributed by atoms with Crippen LogP contribution in [0.15, 0.2) is 0 Å². The van der Waals surface area contributed by atoms with Crippen LogP contribution in [0.4, 0.5) is 0 Å². The van der Waals surface area contributed by atoms with Gasteiger partial charge in [-0.15, -0.1) is 0 Å². The van der Waals surface area contributed by atoms with E-state index in [0.717, 1.165) is 77.0 Å². The molecule has 0 aliphatic heterocycles. The molecule has 0 radical (unpaired) electrons. The Morgan fingerprint density at radius 2 is 0.406 bits per heavy atom. The molecule has 69 heavy (non-hydrogen) atoms. The zero-order valence-electron chi connectivity index (χ0n) is 47.2. The highest BCUT2D eigenvalue weighted by atomic mass is 16.6. The average molecular weight is 978 g/mol. The number of carbonyl (C=O) groups excluding carboxylic acids is 4. The van der Waals surface area contributed by atoms with Gasteiger partial charge in [-0.3, -0.25) is 19.2 Å². The third-order valence-corrected chi connectivity index (χ3v) is 14.7. The fourth-order valence-corrected chi connectivity index (χ4v) is 9.23. The van der Waals surface area contributed by atoms with E-state index in [4.69, 9.17) is 18.9 Å². The van der Waals surface area contributed by atoms with E-state index >= 15 is 0 Å². The zero-order valence-corrected chi connectivity index (χ0v) is 47.2. The van der Waals surface area contributed by atoms with Crippen molar-refractivity contribution in [2.75, 3.05) is 26.4 Å². The number of rotatable bonds is 52. The van der Waals surface area contributed by atoms with Crippen LogP contribution in [-0.4, -0.2) is 50.3 Å². The van der Waals surface area contributed by atoms with E-state index in [-0.39, 0.29) is 74.0 Å². The Morgan fingerprint density at radius 1 is 0.261 bits per heavy atom. The first-order valence-electron chi connectivity index (χ1n) is 30.1. The van der Waals surface area contributed by atoms with Crippen molar-refractivity contribution in [1.82, 2.24) is 0 Å². The lowest BCUT2D eigenvalue weighted by molar-refractivity contribution is -0.175. The second kappa shape index (κ2) is 48.2. The van der Waals surface area contributed by atoms with Gasteiger partial charge in [0.25, 0.3) is 0 Å². The summed E-state index contributed by atoms with van der Waals surface area (Å²) in [6, 6.07) is 0. The normalized spacial score (nSPS) is 14.1. The summed E-state index contributed by atoms with van der Waals surface area (Å²) in [6.07, 6.45) is 46.5. The quantitative estimate of drug-likeness (QED) is 0.0337. The van der Waals surface area contributed by atoms with Crippen LogP contribution >= 0.6 is 0 Å². The number of hydrogen-bond acceptors (Lipinski definition) is 8. The van der Waals surface area contributed by atoms with Gasteiger partial charge in [0.1, 0.15) is 31.8 Å². The fraction of sp³-hybridized carbons (Fsp3) is 0.934. The van der Waals surface area contributed by atoms with Crippen molar-refractivity contribution in [2.24, 2.45) is 29.1 Å². The highest BCUT2D eigenvalue weighted by Crippen LogP contribution is 2.27. The molecule has 0 aliphatic rings. The molecular formula is C61H116O8. The van der Waals surface area contributed by atoms with Gasteiger partial charge in [0.2, 0.25) is 0 Å². The Balaban J connectivity index is 5.90. The standard InChI is InChI=1S/C61H116O8/c1-9-13-17-21-25-29-33-37-41-45-53(5)57(62)66-49-61(50-67-58(63)54(6)46-42-38-34-30-26-22-18-14-10-2,51-68-59(64)55(7)47-43-39-35-31-27-23-19-15-11-3)52-69-60(65)56(8)48-44-40-36-32-28-24-20-16-12-4/h53-56H,9-52H2,1-8H3. The van der Waals surface area contributed by atoms with Crippen LogP contribution in [0, 0.1) is 29.1 Å². The van der Waals surface area contributed by atoms with Gasteiger partial charge in [-0.1, -0.05) is 287 Å². The van der Waals surface area contributed by atoms with Crippen molar-refractivity contribution in [3.63, 3.8) is 0 Å². The van der Waals surface area contributed by atoms with Gasteiger partial charge in [0.05, 0.1) is 23.7 Å². The average Bonchev–Trinajstić information content (AvgIpc) is 3.35. The first-order valence-corrected chi connectivity index (χ1v) is 30.1. The molecule has 0 aromatic heterocycles. The summed E-state index contributed by atoms with van der Waals surface area (Å²) < 4.78 is 24.3. The van der Waals surface area contributed by atoms with Gasteiger partial charge >= 0.3 is 23.9 Å². The molecule has 4 atom stereocenters. The molecule has 0 heterocycles. The number of ether oxygens (including phenoxy) is 4. The van der Waals surface area contributed by atoms with E-state index in [0.29, 0.717) is 0 Å². The smallest absolute Gasteiger partial charge is 0.308 e. The summed E-state index contributed by atoms with van der Waals surface area (Å²) in [4.78, 5) is 54.5. The number of carbonyl (C=O) groups is 4. The maximum atomic E-state index is 13.6. The van der Waals surface area contributed by atoms with E-state index in [2.05, 4.69) is 27.7 Å². The van der Waals surface area contributed by atoms with Crippen LogP contribution in [0.2, 0.25) is 0 Å². The van der Waals surface area contributed by atoms with Gasteiger partial charge in [0.15, 0.2) is 0 Å². The first-order chi connectivity index (χ1) is 33.5. The van der Waals surface area contributed by atoms with Crippen LogP contribution in [0.1, 0.15) is 312 Å². The molecule has 0 aliphatic carbocycles. The minimum Gasteiger partial charge on any atom is -0.464 e. The molecule has 8 heteroatoms. The summed E-state index contributed by atoms with van der Waals surface area (Å²) >= 11 is 0. The van der Waals surface area contributed by atoms with Gasteiger partial charge in [-0.05, 0) is 25.7 Å². The van der Waals surface area contributed by atoms with Crippen LogP contribution in [0.3, 0.4) is 0 Å². The summed E-state index contributed by atoms with van der Waals surface area (Å²) in [5.41, 5.74) is -1.25. The van der Waals surface area contributed by atoms with Crippen molar-refractivity contribution in [3.05, 3.63) is 0 Å². The number of hydrogen-bond donors (Lipinski definition) is 0. The van der Waals surface area contributed by atoms with E-state index in [1.54, 1.807) is 0 Å². The molecule has 0 aromatic carbocycles. The largest absolute Gasteiger partial charge is 0.464 e. The van der Waals surface area contributed by atoms with Gasteiger partial charge in [-0.2, -0.15) is 0 Å². The molecule has 0 amide bonds. The predicted molar refractivity (Wildman–Crippen MR) is 290 cm³/mol. The molecule has 0 aromatic rings. The van der Waals surface area contributed by atoms with Crippen molar-refractivity contribution < 1.29 is 38.1 Å². The van der Waals surface area contributed by atoms with Gasteiger partial charge in [-0.25, -0.2) is 0 Å². The maximum absolute atomic E-state index is 13.6. The SMILES string of the molecule is CCCCCCCCCCCC(C)C(=O)OCC(COC(=O)C(C)CCCCCCCCCCC)(COC(=O)C(C)CCCCCCCCCCC)COC(=O)C(C)CCCCCCCCCCC. The minimum absolute atomic E-state index is 0.187. The molecule has 0 fully saturated rings. The molecule has 0 saturated carbocycles. The van der Waals surface area contributed by atoms with Crippen LogP contribution < -0.4 is 0 Å². The molecule has 4 unspecified atom stereocenters. The molecule has 408 valence electrons. The lowest BCUT2D eigenvalue weighted by Crippen LogP contribution is -2.45. The second-order valence-corrected chi connectivity index (χ2v) is 22.0. The Hall–Kier alpha value is -2.12. The number of unbranched alkanes of at least 4 members (excludes halogenated alkanes) is 32. The lowest BCUT2D eigenvalue weighted by Gasteiger charge is -2.33. The molecular weight excluding hydrogens is 861 g/mol. The molecule has 0 rings (SSSR count). The summed E-state index contributed by atoms with van der Waals surface area (Å²) in [7, 11) is 0. The van der Waals surface area contributed by atoms with Crippen LogP contribution in [0.5, 0.6) is 0 Å². The van der Waals surface area contributed by atoms with E-state index in [9.17, 15) is 19.2 Å². The lowest BCUT2D eigenvalue weighted by atomic mass is 9.91. The van der Waals surface area contributed by atoms with Crippen LogP contribution in [0.25, 0.3) is 0 Å². The van der Waals surface area contributed by atoms with E-state index < -0.39 is 5.41 Å². The molecule has 8 nitrogen and oxygen atoms in total. The molecule has 0 spiro atoms. The van der Waals surface area contributed by atoms with Crippen molar-refractivity contribution >= 4 is 23.9 Å². The Kier molecular flexibility index (Phi) is 46.7. The molecule has 0 N–H and O–H groups in total. The molecule has 0 saturated heterocycles. The topological polar surface area (TPSA) is 105 Å². The highest BCUT2D eigenvalue weighted by molar-refractivity contribution is 5.73. The minimum atomic E-state index is -1.25. The van der Waals surface area contributed by atoms with Crippen molar-refractivity contribution in [2.45, 2.75) is 312 Å². The van der Waals surface area contributed by atoms with E-state index in [1.807, 2.05) is 27.7 Å².